The second-order valence-electron chi connectivity index (χ2n) is 5.44. The molecule has 0 N–H and O–H groups in total. The molecule has 2 nitrogen and oxygen atoms in total. The molecule has 0 saturated carbocycles. The Morgan fingerprint density at radius 3 is 2.48 bits per heavy atom. The van der Waals surface area contributed by atoms with Crippen molar-refractivity contribution >= 4 is 21.7 Å². The molecule has 110 valence electrons. The quantitative estimate of drug-likeness (QED) is 0.721. The van der Waals surface area contributed by atoms with Crippen molar-refractivity contribution in [2.45, 2.75) is 33.8 Å². The minimum Gasteiger partial charge on any atom is -0.491 e. The summed E-state index contributed by atoms with van der Waals surface area (Å²) in [7, 11) is 0. The van der Waals surface area contributed by atoms with Crippen molar-refractivity contribution in [3.05, 3.63) is 63.1 Å². The van der Waals surface area contributed by atoms with Crippen LogP contribution in [0.2, 0.25) is 0 Å². The summed E-state index contributed by atoms with van der Waals surface area (Å²) in [6.45, 7) is 7.87. The van der Waals surface area contributed by atoms with Gasteiger partial charge in [-0.2, -0.15) is 0 Å². The molecule has 0 fully saturated rings. The van der Waals surface area contributed by atoms with E-state index in [1.807, 2.05) is 58.0 Å². The van der Waals surface area contributed by atoms with E-state index in [9.17, 15) is 4.79 Å². The second-order valence-corrected chi connectivity index (χ2v) is 6.29. The van der Waals surface area contributed by atoms with E-state index in [1.165, 1.54) is 0 Å². The molecular formula is C18H19BrO2. The Bertz CT molecular complexity index is 675. The molecule has 21 heavy (non-hydrogen) atoms. The number of carbonyl (C=O) groups is 1. The van der Waals surface area contributed by atoms with Gasteiger partial charge < -0.3 is 4.74 Å². The minimum absolute atomic E-state index is 0.0253. The fourth-order valence-electron chi connectivity index (χ4n) is 2.16. The predicted molar refractivity (Wildman–Crippen MR) is 89.3 cm³/mol. The first-order valence-corrected chi connectivity index (χ1v) is 7.76. The van der Waals surface area contributed by atoms with Crippen molar-refractivity contribution in [2.75, 3.05) is 0 Å². The molecule has 2 aromatic rings. The SMILES string of the molecule is Cc1cc(C(=O)c2cccc(OC(C)C)c2)c(C)cc1Br. The lowest BCUT2D eigenvalue weighted by Crippen LogP contribution is -2.08. The molecule has 0 unspecified atom stereocenters. The highest BCUT2D eigenvalue weighted by molar-refractivity contribution is 9.10. The lowest BCUT2D eigenvalue weighted by Gasteiger charge is -2.12. The molecule has 0 aliphatic rings. The number of hydrogen-bond donors (Lipinski definition) is 0. The topological polar surface area (TPSA) is 26.3 Å². The van der Waals surface area contributed by atoms with E-state index in [4.69, 9.17) is 4.74 Å². The molecule has 0 spiro atoms. The summed E-state index contributed by atoms with van der Waals surface area (Å²) in [5, 5.41) is 0. The van der Waals surface area contributed by atoms with Gasteiger partial charge in [-0.15, -0.1) is 0 Å². The summed E-state index contributed by atoms with van der Waals surface area (Å²) in [5.41, 5.74) is 3.40. The number of aryl methyl sites for hydroxylation is 2. The Hall–Kier alpha value is -1.61. The van der Waals surface area contributed by atoms with Crippen LogP contribution >= 0.6 is 15.9 Å². The van der Waals surface area contributed by atoms with Gasteiger partial charge in [0.1, 0.15) is 5.75 Å². The van der Waals surface area contributed by atoms with Crippen LogP contribution in [-0.4, -0.2) is 11.9 Å². The van der Waals surface area contributed by atoms with E-state index in [2.05, 4.69) is 15.9 Å². The Balaban J connectivity index is 2.38. The highest BCUT2D eigenvalue weighted by Crippen LogP contribution is 2.24. The first-order chi connectivity index (χ1) is 9.88. The molecule has 0 atom stereocenters. The van der Waals surface area contributed by atoms with Crippen LogP contribution in [0.4, 0.5) is 0 Å². The predicted octanol–water partition coefficient (Wildman–Crippen LogP) is 5.08. The van der Waals surface area contributed by atoms with Crippen molar-refractivity contribution in [3.63, 3.8) is 0 Å². The monoisotopic (exact) mass is 346 g/mol. The molecule has 0 aromatic heterocycles. The Morgan fingerprint density at radius 1 is 1.10 bits per heavy atom. The van der Waals surface area contributed by atoms with Crippen molar-refractivity contribution in [3.8, 4) is 5.75 Å². The van der Waals surface area contributed by atoms with E-state index in [0.29, 0.717) is 5.56 Å². The van der Waals surface area contributed by atoms with Gasteiger partial charge in [0, 0.05) is 15.6 Å². The van der Waals surface area contributed by atoms with Gasteiger partial charge in [0.2, 0.25) is 0 Å². The van der Waals surface area contributed by atoms with Crippen LogP contribution in [-0.2, 0) is 0 Å². The zero-order chi connectivity index (χ0) is 15.6. The van der Waals surface area contributed by atoms with Crippen LogP contribution in [0.1, 0.15) is 40.9 Å². The fourth-order valence-corrected chi connectivity index (χ4v) is 2.62. The van der Waals surface area contributed by atoms with E-state index < -0.39 is 0 Å². The smallest absolute Gasteiger partial charge is 0.193 e. The van der Waals surface area contributed by atoms with E-state index in [-0.39, 0.29) is 11.9 Å². The third kappa shape index (κ3) is 3.73. The molecular weight excluding hydrogens is 328 g/mol. The standard InChI is InChI=1S/C18H19BrO2/c1-11(2)21-15-7-5-6-14(10-15)18(20)16-8-13(4)17(19)9-12(16)3/h5-11H,1-4H3. The molecule has 0 aliphatic heterocycles. The molecule has 0 bridgehead atoms. The maximum atomic E-state index is 12.7. The van der Waals surface area contributed by atoms with Gasteiger partial charge in [-0.1, -0.05) is 28.1 Å². The van der Waals surface area contributed by atoms with Crippen LogP contribution in [0, 0.1) is 13.8 Å². The van der Waals surface area contributed by atoms with E-state index in [0.717, 1.165) is 26.9 Å². The normalized spacial score (nSPS) is 10.8. The van der Waals surface area contributed by atoms with Crippen molar-refractivity contribution in [1.29, 1.82) is 0 Å². The summed E-state index contributed by atoms with van der Waals surface area (Å²) in [6.07, 6.45) is 0.0898. The minimum atomic E-state index is 0.0253. The maximum Gasteiger partial charge on any atom is 0.193 e. The Labute approximate surface area is 134 Å². The van der Waals surface area contributed by atoms with Gasteiger partial charge in [-0.05, 0) is 63.1 Å². The number of halogens is 1. The molecule has 2 rings (SSSR count). The third-order valence-electron chi connectivity index (χ3n) is 3.22. The number of ether oxygens (including phenoxy) is 1. The van der Waals surface area contributed by atoms with Crippen LogP contribution in [0.5, 0.6) is 5.75 Å². The van der Waals surface area contributed by atoms with E-state index >= 15 is 0 Å². The lowest BCUT2D eigenvalue weighted by atomic mass is 9.97. The summed E-state index contributed by atoms with van der Waals surface area (Å²) in [4.78, 5) is 12.7. The molecule has 0 amide bonds. The third-order valence-corrected chi connectivity index (χ3v) is 4.07. The first-order valence-electron chi connectivity index (χ1n) is 6.96. The fraction of sp³-hybridized carbons (Fsp3) is 0.278. The van der Waals surface area contributed by atoms with Crippen molar-refractivity contribution in [2.24, 2.45) is 0 Å². The summed E-state index contributed by atoms with van der Waals surface area (Å²) >= 11 is 3.49. The zero-order valence-electron chi connectivity index (χ0n) is 12.7. The largest absolute Gasteiger partial charge is 0.491 e. The molecule has 0 radical (unpaired) electrons. The summed E-state index contributed by atoms with van der Waals surface area (Å²) in [5.74, 6) is 0.750. The number of ketones is 1. The Morgan fingerprint density at radius 2 is 1.81 bits per heavy atom. The molecule has 0 aliphatic carbocycles. The van der Waals surface area contributed by atoms with Crippen LogP contribution < -0.4 is 4.74 Å². The van der Waals surface area contributed by atoms with Crippen LogP contribution in [0.3, 0.4) is 0 Å². The van der Waals surface area contributed by atoms with Gasteiger partial charge in [-0.25, -0.2) is 0 Å². The van der Waals surface area contributed by atoms with Gasteiger partial charge in [0.05, 0.1) is 6.10 Å². The summed E-state index contributed by atoms with van der Waals surface area (Å²) in [6, 6.07) is 11.3. The molecule has 3 heteroatoms. The van der Waals surface area contributed by atoms with Crippen LogP contribution in [0.25, 0.3) is 0 Å². The van der Waals surface area contributed by atoms with Crippen molar-refractivity contribution < 1.29 is 9.53 Å². The van der Waals surface area contributed by atoms with Gasteiger partial charge in [0.25, 0.3) is 0 Å². The number of rotatable bonds is 4. The highest BCUT2D eigenvalue weighted by atomic mass is 79.9. The van der Waals surface area contributed by atoms with Gasteiger partial charge in [0.15, 0.2) is 5.78 Å². The number of benzene rings is 2. The van der Waals surface area contributed by atoms with Gasteiger partial charge in [-0.3, -0.25) is 4.79 Å². The van der Waals surface area contributed by atoms with Crippen molar-refractivity contribution in [1.82, 2.24) is 0 Å². The maximum absolute atomic E-state index is 12.7. The van der Waals surface area contributed by atoms with Gasteiger partial charge >= 0.3 is 0 Å². The summed E-state index contributed by atoms with van der Waals surface area (Å²) < 4.78 is 6.68. The van der Waals surface area contributed by atoms with E-state index in [1.54, 1.807) is 6.07 Å². The molecule has 2 aromatic carbocycles. The number of carbonyl (C=O) groups excluding carboxylic acids is 1. The lowest BCUT2D eigenvalue weighted by molar-refractivity contribution is 0.103. The Kier molecular flexibility index (Phi) is 4.84. The average molecular weight is 347 g/mol. The zero-order valence-corrected chi connectivity index (χ0v) is 14.3. The first kappa shape index (κ1) is 15.8. The number of hydrogen-bond acceptors (Lipinski definition) is 2. The molecule has 0 saturated heterocycles. The average Bonchev–Trinajstić information content (AvgIpc) is 2.41. The van der Waals surface area contributed by atoms with Crippen LogP contribution in [0.15, 0.2) is 40.9 Å². The second kappa shape index (κ2) is 6.44. The highest BCUT2D eigenvalue weighted by Gasteiger charge is 2.14. The molecule has 0 heterocycles.